The van der Waals surface area contributed by atoms with Crippen LogP contribution in [-0.4, -0.2) is 23.0 Å². The van der Waals surface area contributed by atoms with E-state index in [4.69, 9.17) is 18.0 Å². The normalized spacial score (nSPS) is 15.2. The van der Waals surface area contributed by atoms with E-state index in [0.29, 0.717) is 11.0 Å². The predicted octanol–water partition coefficient (Wildman–Crippen LogP) is 2.81. The van der Waals surface area contributed by atoms with Crippen molar-refractivity contribution >= 4 is 28.5 Å². The van der Waals surface area contributed by atoms with Gasteiger partial charge in [0.25, 0.3) is 0 Å². The summed E-state index contributed by atoms with van der Waals surface area (Å²) in [5.74, 6) is 0. The number of hydrogen-bond donors (Lipinski definition) is 1. The second kappa shape index (κ2) is 5.58. The molecule has 4 heteroatoms. The van der Waals surface area contributed by atoms with Crippen molar-refractivity contribution in [1.29, 1.82) is 0 Å². The minimum absolute atomic E-state index is 0.192. The van der Waals surface area contributed by atoms with Gasteiger partial charge < -0.3 is 5.73 Å². The fraction of sp³-hybridized carbons (Fsp3) is 0.545. The van der Waals surface area contributed by atoms with Crippen molar-refractivity contribution in [2.75, 3.05) is 7.05 Å². The van der Waals surface area contributed by atoms with E-state index in [2.05, 4.69) is 43.3 Å². The molecular weight excluding hydrogens is 224 g/mol. The van der Waals surface area contributed by atoms with Crippen LogP contribution in [0.3, 0.4) is 0 Å². The lowest BCUT2D eigenvalue weighted by atomic mass is 10.1. The van der Waals surface area contributed by atoms with E-state index in [-0.39, 0.29) is 6.04 Å². The third-order valence-electron chi connectivity index (χ3n) is 2.77. The maximum atomic E-state index is 5.73. The highest BCUT2D eigenvalue weighted by Gasteiger charge is 2.21. The number of thiocarbonyl (C=S) groups is 1. The summed E-state index contributed by atoms with van der Waals surface area (Å²) in [6.45, 7) is 4.30. The monoisotopic (exact) mass is 242 g/mol. The van der Waals surface area contributed by atoms with Crippen LogP contribution in [0.2, 0.25) is 0 Å². The van der Waals surface area contributed by atoms with Gasteiger partial charge in [-0.3, -0.25) is 4.90 Å². The predicted molar refractivity (Wildman–Crippen MR) is 71.4 cm³/mol. The molecule has 0 aliphatic carbocycles. The van der Waals surface area contributed by atoms with Gasteiger partial charge in [0.15, 0.2) is 0 Å². The van der Waals surface area contributed by atoms with Crippen LogP contribution in [0.25, 0.3) is 0 Å². The zero-order chi connectivity index (χ0) is 11.4. The molecule has 0 aliphatic heterocycles. The van der Waals surface area contributed by atoms with Crippen LogP contribution in [0.1, 0.15) is 31.2 Å². The zero-order valence-corrected chi connectivity index (χ0v) is 11.1. The first kappa shape index (κ1) is 12.6. The Morgan fingerprint density at radius 3 is 2.73 bits per heavy atom. The highest BCUT2D eigenvalue weighted by atomic mass is 32.1. The summed E-state index contributed by atoms with van der Waals surface area (Å²) in [7, 11) is 2.08. The van der Waals surface area contributed by atoms with E-state index in [9.17, 15) is 0 Å². The van der Waals surface area contributed by atoms with Crippen LogP contribution in [0.15, 0.2) is 17.5 Å². The van der Waals surface area contributed by atoms with Crippen LogP contribution in [0.5, 0.6) is 0 Å². The molecule has 0 spiro atoms. The van der Waals surface area contributed by atoms with Crippen LogP contribution in [0.4, 0.5) is 0 Å². The van der Waals surface area contributed by atoms with Crippen LogP contribution < -0.4 is 5.73 Å². The van der Waals surface area contributed by atoms with Crippen molar-refractivity contribution in [3.8, 4) is 0 Å². The first-order valence-corrected chi connectivity index (χ1v) is 6.41. The van der Waals surface area contributed by atoms with Gasteiger partial charge in [-0.05, 0) is 31.8 Å². The van der Waals surface area contributed by atoms with Crippen molar-refractivity contribution in [2.24, 2.45) is 5.73 Å². The molecule has 84 valence electrons. The summed E-state index contributed by atoms with van der Waals surface area (Å²) in [4.78, 5) is 4.18. The molecule has 1 heterocycles. The molecule has 0 bridgehead atoms. The van der Waals surface area contributed by atoms with Gasteiger partial charge in [-0.25, -0.2) is 0 Å². The molecule has 0 fully saturated rings. The van der Waals surface area contributed by atoms with Crippen LogP contribution >= 0.6 is 23.6 Å². The van der Waals surface area contributed by atoms with E-state index < -0.39 is 0 Å². The average Bonchev–Trinajstić information content (AvgIpc) is 2.69. The van der Waals surface area contributed by atoms with E-state index in [0.717, 1.165) is 6.42 Å². The minimum atomic E-state index is 0.192. The third kappa shape index (κ3) is 3.00. The molecule has 1 rings (SSSR count). The number of nitrogens with zero attached hydrogens (tertiary/aromatic N) is 1. The maximum absolute atomic E-state index is 5.73. The Balaban J connectivity index is 2.75. The zero-order valence-electron chi connectivity index (χ0n) is 9.43. The van der Waals surface area contributed by atoms with Gasteiger partial charge in [0.05, 0.1) is 11.0 Å². The lowest BCUT2D eigenvalue weighted by molar-refractivity contribution is 0.229. The van der Waals surface area contributed by atoms with Crippen molar-refractivity contribution in [1.82, 2.24) is 4.90 Å². The molecule has 2 unspecified atom stereocenters. The number of thiophene rings is 1. The van der Waals surface area contributed by atoms with E-state index in [1.807, 2.05) is 0 Å². The molecule has 0 radical (unpaired) electrons. The largest absolute Gasteiger partial charge is 0.392 e. The fourth-order valence-electron chi connectivity index (χ4n) is 1.69. The molecule has 2 N–H and O–H groups in total. The molecule has 2 atom stereocenters. The summed E-state index contributed by atoms with van der Waals surface area (Å²) in [5.41, 5.74) is 5.73. The molecule has 1 aromatic heterocycles. The van der Waals surface area contributed by atoms with E-state index in [1.54, 1.807) is 11.3 Å². The highest BCUT2D eigenvalue weighted by Crippen LogP contribution is 2.25. The second-order valence-electron chi connectivity index (χ2n) is 3.68. The van der Waals surface area contributed by atoms with Crippen molar-refractivity contribution in [3.63, 3.8) is 0 Å². The van der Waals surface area contributed by atoms with Gasteiger partial charge in [0.2, 0.25) is 0 Å². The smallest absolute Gasteiger partial charge is 0.0902 e. The Morgan fingerprint density at radius 2 is 2.33 bits per heavy atom. The van der Waals surface area contributed by atoms with Gasteiger partial charge in [-0.15, -0.1) is 11.3 Å². The molecule has 1 aromatic rings. The highest BCUT2D eigenvalue weighted by molar-refractivity contribution is 7.80. The quantitative estimate of drug-likeness (QED) is 0.805. The van der Waals surface area contributed by atoms with Crippen LogP contribution in [0, 0.1) is 0 Å². The molecule has 0 saturated heterocycles. The van der Waals surface area contributed by atoms with Crippen molar-refractivity contribution < 1.29 is 0 Å². The Bertz CT molecular complexity index is 308. The first-order chi connectivity index (χ1) is 7.07. The molecule has 0 aromatic carbocycles. The molecule has 15 heavy (non-hydrogen) atoms. The Labute approximate surface area is 101 Å². The van der Waals surface area contributed by atoms with Crippen molar-refractivity contribution in [3.05, 3.63) is 22.4 Å². The Hall–Kier alpha value is -0.450. The minimum Gasteiger partial charge on any atom is -0.392 e. The second-order valence-corrected chi connectivity index (χ2v) is 5.13. The maximum Gasteiger partial charge on any atom is 0.0902 e. The number of likely N-dealkylation sites (N-methyl/N-ethyl adjacent to an activating group) is 1. The molecule has 2 nitrogen and oxygen atoms in total. The molecular formula is C11H18N2S2. The lowest BCUT2D eigenvalue weighted by Crippen LogP contribution is -2.42. The number of hydrogen-bond acceptors (Lipinski definition) is 3. The standard InChI is InChI=1S/C11H18N2S2/c1-4-9(11(12)14)13(3)8(2)10-6-5-7-15-10/h5-9H,4H2,1-3H3,(H2,12,14). The molecule has 0 aliphatic rings. The van der Waals surface area contributed by atoms with E-state index >= 15 is 0 Å². The lowest BCUT2D eigenvalue weighted by Gasteiger charge is -2.31. The van der Waals surface area contributed by atoms with Crippen LogP contribution in [-0.2, 0) is 0 Å². The topological polar surface area (TPSA) is 29.3 Å². The summed E-state index contributed by atoms with van der Waals surface area (Å²) in [6.07, 6.45) is 0.960. The first-order valence-electron chi connectivity index (χ1n) is 5.12. The van der Waals surface area contributed by atoms with Gasteiger partial charge in [-0.1, -0.05) is 25.2 Å². The Kier molecular flexibility index (Phi) is 4.70. The van der Waals surface area contributed by atoms with Gasteiger partial charge in [0.1, 0.15) is 0 Å². The van der Waals surface area contributed by atoms with Crippen molar-refractivity contribution in [2.45, 2.75) is 32.4 Å². The molecule has 0 amide bonds. The van der Waals surface area contributed by atoms with Gasteiger partial charge in [-0.2, -0.15) is 0 Å². The fourth-order valence-corrected chi connectivity index (χ4v) is 2.86. The summed E-state index contributed by atoms with van der Waals surface area (Å²) in [6, 6.07) is 4.79. The SMILES string of the molecule is CCC(C(N)=S)N(C)C(C)c1cccs1. The number of nitrogens with two attached hydrogens (primary N) is 1. The molecule has 0 saturated carbocycles. The Morgan fingerprint density at radius 1 is 1.67 bits per heavy atom. The summed E-state index contributed by atoms with van der Waals surface area (Å²) in [5, 5.41) is 2.10. The third-order valence-corrected chi connectivity index (χ3v) is 4.09. The van der Waals surface area contributed by atoms with Gasteiger partial charge in [0, 0.05) is 10.9 Å². The summed E-state index contributed by atoms with van der Waals surface area (Å²) < 4.78 is 0. The summed E-state index contributed by atoms with van der Waals surface area (Å²) >= 11 is 6.85. The van der Waals surface area contributed by atoms with E-state index in [1.165, 1.54) is 4.88 Å². The number of rotatable bonds is 5. The van der Waals surface area contributed by atoms with Gasteiger partial charge >= 0.3 is 0 Å². The average molecular weight is 242 g/mol.